The third-order valence-electron chi connectivity index (χ3n) is 2.78. The molecule has 1 aliphatic carbocycles. The zero-order chi connectivity index (χ0) is 8.55. The van der Waals surface area contributed by atoms with Crippen LogP contribution in [-0.2, 0) is 6.42 Å². The molecule has 0 aliphatic heterocycles. The van der Waals surface area contributed by atoms with Gasteiger partial charge in [0, 0.05) is 0 Å². The van der Waals surface area contributed by atoms with E-state index in [0.717, 1.165) is 5.92 Å². The molecule has 0 bridgehead atoms. The molecule has 1 aliphatic rings. The van der Waals surface area contributed by atoms with E-state index in [1.807, 2.05) is 0 Å². The Hall–Kier alpha value is -0.780. The summed E-state index contributed by atoms with van der Waals surface area (Å²) in [6.45, 7) is 4.49. The van der Waals surface area contributed by atoms with Gasteiger partial charge in [0.05, 0.1) is 0 Å². The van der Waals surface area contributed by atoms with Crippen LogP contribution in [0.5, 0.6) is 0 Å². The molecule has 0 spiro atoms. The Morgan fingerprint density at radius 1 is 1.13 bits per heavy atom. The highest BCUT2D eigenvalue weighted by Crippen LogP contribution is 2.43. The van der Waals surface area contributed by atoms with E-state index < -0.39 is 0 Å². The van der Waals surface area contributed by atoms with Gasteiger partial charge in [-0.3, -0.25) is 0 Å². The molecular formula is C15H28. The number of rotatable bonds is 2. The van der Waals surface area contributed by atoms with Crippen molar-refractivity contribution in [3.63, 3.8) is 0 Å². The lowest BCUT2D eigenvalue weighted by Crippen LogP contribution is -1.93. The molecule has 1 aromatic carbocycles. The molecule has 88 valence electrons. The summed E-state index contributed by atoms with van der Waals surface area (Å²) in [5, 5.41) is 0. The first-order chi connectivity index (χ1) is 5.83. The average Bonchev–Trinajstić information content (AvgIpc) is 2.87. The van der Waals surface area contributed by atoms with E-state index in [0.29, 0.717) is 0 Å². The molecule has 2 rings (SSSR count). The monoisotopic (exact) mass is 208 g/mol. The maximum Gasteiger partial charge on any atom is -0.0156 e. The van der Waals surface area contributed by atoms with Gasteiger partial charge in [-0.25, -0.2) is 0 Å². The van der Waals surface area contributed by atoms with Crippen LogP contribution in [0.1, 0.15) is 64.7 Å². The van der Waals surface area contributed by atoms with Crippen molar-refractivity contribution in [3.05, 3.63) is 34.9 Å². The minimum absolute atomic E-state index is 0. The summed E-state index contributed by atoms with van der Waals surface area (Å²) in [5.74, 6) is 0.904. The van der Waals surface area contributed by atoms with Crippen molar-refractivity contribution in [1.29, 1.82) is 0 Å². The van der Waals surface area contributed by atoms with Gasteiger partial charge in [-0.1, -0.05) is 47.4 Å². The summed E-state index contributed by atoms with van der Waals surface area (Å²) in [5.41, 5.74) is 4.72. The van der Waals surface area contributed by atoms with E-state index in [4.69, 9.17) is 0 Å². The van der Waals surface area contributed by atoms with Crippen LogP contribution in [0.2, 0.25) is 0 Å². The van der Waals surface area contributed by atoms with Crippen LogP contribution in [0.3, 0.4) is 0 Å². The lowest BCUT2D eigenvalue weighted by molar-refractivity contribution is 1.01. The summed E-state index contributed by atoms with van der Waals surface area (Å²) < 4.78 is 0. The Balaban J connectivity index is 0. The highest BCUT2D eigenvalue weighted by atomic mass is 14.3. The van der Waals surface area contributed by atoms with E-state index in [1.165, 1.54) is 24.8 Å². The molecule has 0 nitrogen and oxygen atoms in total. The topological polar surface area (TPSA) is 0 Å². The van der Waals surface area contributed by atoms with Crippen molar-refractivity contribution in [2.45, 2.75) is 61.3 Å². The Morgan fingerprint density at radius 3 is 2.20 bits per heavy atom. The first-order valence-electron chi connectivity index (χ1n) is 4.91. The fraction of sp³-hybridized carbons (Fsp3) is 0.600. The molecule has 1 aromatic rings. The molecule has 0 atom stereocenters. The normalized spacial score (nSPS) is 13.2. The number of benzene rings is 1. The van der Waals surface area contributed by atoms with Crippen molar-refractivity contribution < 1.29 is 0 Å². The van der Waals surface area contributed by atoms with E-state index in [2.05, 4.69) is 32.0 Å². The molecule has 15 heavy (non-hydrogen) atoms. The predicted molar refractivity (Wildman–Crippen MR) is 72.7 cm³/mol. The number of hydrogen-bond donors (Lipinski definition) is 0. The van der Waals surface area contributed by atoms with Gasteiger partial charge in [0.1, 0.15) is 0 Å². The summed E-state index contributed by atoms with van der Waals surface area (Å²) in [6, 6.07) is 6.70. The van der Waals surface area contributed by atoms with Gasteiger partial charge in [-0.15, -0.1) is 0 Å². The van der Waals surface area contributed by atoms with Gasteiger partial charge in [0.15, 0.2) is 0 Å². The van der Waals surface area contributed by atoms with Crippen molar-refractivity contribution in [2.75, 3.05) is 0 Å². The Morgan fingerprint density at radius 2 is 1.73 bits per heavy atom. The summed E-state index contributed by atoms with van der Waals surface area (Å²) in [6.07, 6.45) is 4.02. The van der Waals surface area contributed by atoms with Crippen LogP contribution >= 0.6 is 0 Å². The molecule has 0 unspecified atom stereocenters. The Bertz CT molecular complexity index is 282. The van der Waals surface area contributed by atoms with Gasteiger partial charge in [-0.2, -0.15) is 0 Å². The molecule has 0 heterocycles. The highest BCUT2D eigenvalue weighted by molar-refractivity contribution is 5.39. The minimum atomic E-state index is 0. The van der Waals surface area contributed by atoms with Crippen LogP contribution in [0.4, 0.5) is 0 Å². The van der Waals surface area contributed by atoms with E-state index >= 15 is 0 Å². The molecule has 1 fully saturated rings. The van der Waals surface area contributed by atoms with Crippen molar-refractivity contribution in [3.8, 4) is 0 Å². The average molecular weight is 208 g/mol. The molecule has 0 N–H and O–H groups in total. The minimum Gasteiger partial charge on any atom is -0.0776 e. The lowest BCUT2D eigenvalue weighted by Gasteiger charge is -2.09. The van der Waals surface area contributed by atoms with E-state index in [1.54, 1.807) is 11.1 Å². The predicted octanol–water partition coefficient (Wildman–Crippen LogP) is 5.34. The number of aryl methyl sites for hydroxylation is 2. The Labute approximate surface area is 96.7 Å². The van der Waals surface area contributed by atoms with Crippen LogP contribution in [0.25, 0.3) is 0 Å². The zero-order valence-corrected chi connectivity index (χ0v) is 7.93. The second-order valence-electron chi connectivity index (χ2n) is 3.78. The first kappa shape index (κ1) is 16.6. The van der Waals surface area contributed by atoms with Gasteiger partial charge < -0.3 is 0 Å². The molecular weight excluding hydrogens is 180 g/mol. The SMILES string of the molecule is C.C.C.CCc1cccc(C)c1C1CC1. The first-order valence-corrected chi connectivity index (χ1v) is 4.91. The lowest BCUT2D eigenvalue weighted by atomic mass is 9.96. The summed E-state index contributed by atoms with van der Waals surface area (Å²) in [7, 11) is 0. The van der Waals surface area contributed by atoms with Gasteiger partial charge >= 0.3 is 0 Å². The van der Waals surface area contributed by atoms with E-state index in [9.17, 15) is 0 Å². The van der Waals surface area contributed by atoms with Crippen molar-refractivity contribution >= 4 is 0 Å². The number of hydrogen-bond acceptors (Lipinski definition) is 0. The maximum absolute atomic E-state index is 2.28. The van der Waals surface area contributed by atoms with Crippen LogP contribution < -0.4 is 0 Å². The van der Waals surface area contributed by atoms with Crippen LogP contribution in [0, 0.1) is 6.92 Å². The van der Waals surface area contributed by atoms with Gasteiger partial charge in [0.2, 0.25) is 0 Å². The van der Waals surface area contributed by atoms with Crippen LogP contribution in [-0.4, -0.2) is 0 Å². The third-order valence-corrected chi connectivity index (χ3v) is 2.78. The standard InChI is InChI=1S/C12H16.3CH4/c1-3-10-6-4-5-9(2)12(10)11-7-8-11;;;/h4-6,11H,3,7-8H2,1-2H3;3*1H4. The molecule has 0 saturated heterocycles. The molecule has 0 amide bonds. The van der Waals surface area contributed by atoms with E-state index in [-0.39, 0.29) is 22.3 Å². The summed E-state index contributed by atoms with van der Waals surface area (Å²) in [4.78, 5) is 0. The quantitative estimate of drug-likeness (QED) is 0.615. The van der Waals surface area contributed by atoms with Gasteiger partial charge in [0.25, 0.3) is 0 Å². The molecule has 0 radical (unpaired) electrons. The fourth-order valence-electron chi connectivity index (χ4n) is 2.01. The summed E-state index contributed by atoms with van der Waals surface area (Å²) >= 11 is 0. The molecule has 1 saturated carbocycles. The van der Waals surface area contributed by atoms with Gasteiger partial charge in [-0.05, 0) is 48.8 Å². The van der Waals surface area contributed by atoms with Crippen molar-refractivity contribution in [1.82, 2.24) is 0 Å². The highest BCUT2D eigenvalue weighted by Gasteiger charge is 2.26. The van der Waals surface area contributed by atoms with Crippen LogP contribution in [0.15, 0.2) is 18.2 Å². The third kappa shape index (κ3) is 3.37. The van der Waals surface area contributed by atoms with Crippen molar-refractivity contribution in [2.24, 2.45) is 0 Å². The molecule has 0 aromatic heterocycles. The smallest absolute Gasteiger partial charge is 0.0156 e. The maximum atomic E-state index is 2.28. The fourth-order valence-corrected chi connectivity index (χ4v) is 2.01. The Kier molecular flexibility index (Phi) is 7.39. The molecule has 0 heteroatoms. The second-order valence-corrected chi connectivity index (χ2v) is 3.78. The largest absolute Gasteiger partial charge is 0.0776 e. The zero-order valence-electron chi connectivity index (χ0n) is 7.93. The second kappa shape index (κ2) is 6.66.